The van der Waals surface area contributed by atoms with Gasteiger partial charge in [0.1, 0.15) is 5.82 Å². The van der Waals surface area contributed by atoms with E-state index in [1.807, 2.05) is 30.3 Å². The van der Waals surface area contributed by atoms with Crippen molar-refractivity contribution in [3.05, 3.63) is 66.1 Å². The van der Waals surface area contributed by atoms with Gasteiger partial charge in [-0.05, 0) is 51.1 Å². The lowest BCUT2D eigenvalue weighted by atomic mass is 10.1. The second-order valence-corrected chi connectivity index (χ2v) is 8.49. The van der Waals surface area contributed by atoms with E-state index in [1.165, 1.54) is 18.3 Å². The van der Waals surface area contributed by atoms with Crippen LogP contribution in [0.1, 0.15) is 32.1 Å². The third-order valence-corrected chi connectivity index (χ3v) is 5.57. The lowest BCUT2D eigenvalue weighted by Gasteiger charge is -2.20. The van der Waals surface area contributed by atoms with E-state index >= 15 is 0 Å². The number of carbonyl (C=O) groups excluding carboxylic acids is 1. The quantitative estimate of drug-likeness (QED) is 0.251. The molecule has 2 aromatic carbocycles. The number of carbonyl (C=O) groups is 1. The van der Waals surface area contributed by atoms with Crippen molar-refractivity contribution < 1.29 is 30.7 Å². The second kappa shape index (κ2) is 18.5. The maximum atomic E-state index is 15.0. The van der Waals surface area contributed by atoms with E-state index < -0.39 is 5.82 Å². The summed E-state index contributed by atoms with van der Waals surface area (Å²) in [5.41, 5.74) is 7.80. The van der Waals surface area contributed by atoms with E-state index in [2.05, 4.69) is 25.5 Å². The van der Waals surface area contributed by atoms with Crippen molar-refractivity contribution in [1.82, 2.24) is 30.4 Å². The Bertz CT molecular complexity index is 1370. The first-order valence-corrected chi connectivity index (χ1v) is 13.0. The molecule has 0 radical (unpaired) electrons. The predicted molar refractivity (Wildman–Crippen MR) is 166 cm³/mol. The number of aliphatic hydroxyl groups excluding tert-OH is 2. The van der Waals surface area contributed by atoms with E-state index in [0.29, 0.717) is 36.8 Å². The summed E-state index contributed by atoms with van der Waals surface area (Å²) in [7, 11) is 0. The fraction of sp³-hybridized carbons (Fsp3) is 0.321. The van der Waals surface area contributed by atoms with Gasteiger partial charge in [0.05, 0.1) is 17.5 Å². The first-order valence-electron chi connectivity index (χ1n) is 13.0. The topological polar surface area (TPSA) is 195 Å². The lowest BCUT2D eigenvalue weighted by molar-refractivity contribution is 0.0761. The molecule has 1 saturated heterocycles. The van der Waals surface area contributed by atoms with Gasteiger partial charge in [0.25, 0.3) is 11.8 Å². The second-order valence-electron chi connectivity index (χ2n) is 8.49. The Morgan fingerprint density at radius 3 is 2.38 bits per heavy atom. The molecule has 4 aromatic rings. The third kappa shape index (κ3) is 9.61. The molecule has 1 aliphatic heterocycles. The molecule has 0 saturated carbocycles. The van der Waals surface area contributed by atoms with E-state index in [1.54, 1.807) is 24.8 Å². The number of benzene rings is 2. The lowest BCUT2D eigenvalue weighted by Crippen LogP contribution is -2.34. The summed E-state index contributed by atoms with van der Waals surface area (Å²) in [5, 5.41) is 26.5. The number of halogens is 1. The largest absolute Gasteiger partial charge is 0.414 e. The van der Waals surface area contributed by atoms with E-state index in [9.17, 15) is 9.18 Å². The van der Waals surface area contributed by atoms with Crippen LogP contribution in [0.3, 0.4) is 0 Å². The molecule has 14 heteroatoms. The van der Waals surface area contributed by atoms with Crippen molar-refractivity contribution in [2.75, 3.05) is 45.1 Å². The van der Waals surface area contributed by atoms with Crippen molar-refractivity contribution in [2.45, 2.75) is 20.3 Å². The number of nitrogens with zero attached hydrogens (tertiary/aromatic N) is 5. The Hall–Kier alpha value is -3.87. The Morgan fingerprint density at radius 2 is 1.71 bits per heavy atom. The zero-order valence-corrected chi connectivity index (χ0v) is 25.2. The highest BCUT2D eigenvalue weighted by Crippen LogP contribution is 2.28. The van der Waals surface area contributed by atoms with Crippen LogP contribution in [0.25, 0.3) is 34.3 Å². The summed E-state index contributed by atoms with van der Waals surface area (Å²) in [6.07, 6.45) is 2.26. The van der Waals surface area contributed by atoms with E-state index in [-0.39, 0.29) is 58.9 Å². The molecule has 7 N–H and O–H groups in total. The first kappa shape index (κ1) is 36.2. The van der Waals surface area contributed by atoms with Crippen LogP contribution in [0.4, 0.5) is 10.2 Å². The van der Waals surface area contributed by atoms with Gasteiger partial charge in [-0.3, -0.25) is 4.79 Å². The summed E-state index contributed by atoms with van der Waals surface area (Å²) in [5.74, 6) is -0.415. The monoisotopic (exact) mass is 605 g/mol. The molecule has 0 spiro atoms. The van der Waals surface area contributed by atoms with E-state index in [0.717, 1.165) is 18.5 Å². The molecule has 1 fully saturated rings. The number of nitrogens with one attached hydrogen (secondary N) is 1. The van der Waals surface area contributed by atoms with Crippen molar-refractivity contribution in [1.29, 1.82) is 0 Å². The molecule has 1 atom stereocenters. The van der Waals surface area contributed by atoms with Gasteiger partial charge in [-0.25, -0.2) is 14.4 Å². The molecule has 230 valence electrons. The molecular weight excluding hydrogens is 564 g/mol. The fourth-order valence-electron chi connectivity index (χ4n) is 3.78. The van der Waals surface area contributed by atoms with Gasteiger partial charge >= 0.3 is 0 Å². The summed E-state index contributed by atoms with van der Waals surface area (Å²) in [4.78, 5) is 23.1. The summed E-state index contributed by atoms with van der Waals surface area (Å²) in [6.45, 7) is 6.53. The molecule has 12 nitrogen and oxygen atoms in total. The average Bonchev–Trinajstić information content (AvgIpc) is 3.29. The molecule has 2 aromatic heterocycles. The number of anilines is 1. The van der Waals surface area contributed by atoms with Crippen LogP contribution in [-0.4, -0.2) is 86.1 Å². The fourth-order valence-corrected chi connectivity index (χ4v) is 3.78. The number of hydrogen-bond donors (Lipinski definition) is 4. The number of nitrogens with two attached hydrogens (primary N) is 1. The van der Waals surface area contributed by atoms with Gasteiger partial charge < -0.3 is 36.1 Å². The maximum Gasteiger partial charge on any atom is 0.270 e. The Kier molecular flexibility index (Phi) is 16.0. The molecule has 0 bridgehead atoms. The normalized spacial score (nSPS) is 12.3. The molecule has 3 heterocycles. The summed E-state index contributed by atoms with van der Waals surface area (Å²) < 4.78 is 20.7. The van der Waals surface area contributed by atoms with Crippen molar-refractivity contribution in [2.24, 2.45) is 0 Å². The SMILES string of the molecule is CCO.CCO.Nc1ncc(-c2ccc(C(=O)N3CCCNCC3)c(F)c2)nc1-c1nnc(-c2ccccc2)o1.O.P.[HH]. The van der Waals surface area contributed by atoms with Gasteiger partial charge in [-0.15, -0.1) is 10.2 Å². The summed E-state index contributed by atoms with van der Waals surface area (Å²) >= 11 is 0. The highest BCUT2D eigenvalue weighted by atomic mass is 31.0. The van der Waals surface area contributed by atoms with Crippen LogP contribution >= 0.6 is 9.90 Å². The Morgan fingerprint density at radius 1 is 1.05 bits per heavy atom. The number of hydrogen-bond acceptors (Lipinski definition) is 10. The van der Waals surface area contributed by atoms with Crippen molar-refractivity contribution in [3.63, 3.8) is 0 Å². The zero-order valence-electron chi connectivity index (χ0n) is 23.8. The van der Waals surface area contributed by atoms with Crippen LogP contribution in [0, 0.1) is 5.82 Å². The molecule has 1 amide bonds. The van der Waals surface area contributed by atoms with Crippen molar-refractivity contribution >= 4 is 21.6 Å². The minimum atomic E-state index is -0.621. The zero-order chi connectivity index (χ0) is 28.9. The molecule has 42 heavy (non-hydrogen) atoms. The number of rotatable bonds is 4. The van der Waals surface area contributed by atoms with Crippen LogP contribution < -0.4 is 11.1 Å². The van der Waals surface area contributed by atoms with Crippen LogP contribution in [0.15, 0.2) is 59.1 Å². The molecule has 5 rings (SSSR count). The van der Waals surface area contributed by atoms with Crippen LogP contribution in [-0.2, 0) is 0 Å². The summed E-state index contributed by atoms with van der Waals surface area (Å²) in [6, 6.07) is 13.7. The van der Waals surface area contributed by atoms with Crippen LogP contribution in [0.2, 0.25) is 0 Å². The number of aromatic nitrogens is 4. The third-order valence-electron chi connectivity index (χ3n) is 5.57. The minimum Gasteiger partial charge on any atom is -0.414 e. The highest BCUT2D eigenvalue weighted by Gasteiger charge is 2.22. The predicted octanol–water partition coefficient (Wildman–Crippen LogP) is 2.49. The molecule has 1 unspecified atom stereocenters. The minimum absolute atomic E-state index is 0. The average molecular weight is 606 g/mol. The molecule has 0 aliphatic carbocycles. The highest BCUT2D eigenvalue weighted by molar-refractivity contribution is 6.92. The smallest absolute Gasteiger partial charge is 0.270 e. The number of aliphatic hydroxyl groups is 2. The Labute approximate surface area is 248 Å². The molecular formula is C28H41FN7O5P. The standard InChI is InChI=1S/C24H22FN7O2.2C2H6O.H2O.H3P.H2/c25-18-13-16(7-8-17(18)24(33)32-11-4-9-27-10-12-32)19-14-28-21(26)20(29-19)23-31-30-22(34-23)15-5-2-1-3-6-15;2*1-2-3;;;/h1-3,5-8,13-14,27H,4,9-12H2,(H2,26,28);2*3H,2H2,1H3;1H2;1H3;1H. The molecule has 1 aliphatic rings. The van der Waals surface area contributed by atoms with Gasteiger partial charge in [-0.2, -0.15) is 9.90 Å². The van der Waals surface area contributed by atoms with Crippen LogP contribution in [0.5, 0.6) is 0 Å². The first-order chi connectivity index (χ1) is 19.4. The van der Waals surface area contributed by atoms with Gasteiger partial charge in [-0.1, -0.05) is 24.3 Å². The van der Waals surface area contributed by atoms with E-state index in [4.69, 9.17) is 20.4 Å². The number of nitrogen functional groups attached to an aromatic ring is 1. The maximum absolute atomic E-state index is 15.0. The van der Waals surface area contributed by atoms with Gasteiger partial charge in [0.2, 0.25) is 5.89 Å². The number of amides is 1. The van der Waals surface area contributed by atoms with Gasteiger partial charge in [0.15, 0.2) is 11.5 Å². The van der Waals surface area contributed by atoms with Gasteiger partial charge in [0, 0.05) is 45.4 Å². The Balaban J connectivity index is 0.00000182. The van der Waals surface area contributed by atoms with Crippen molar-refractivity contribution in [3.8, 4) is 34.3 Å².